The van der Waals surface area contributed by atoms with Gasteiger partial charge in [0.1, 0.15) is 24.2 Å². The van der Waals surface area contributed by atoms with Gasteiger partial charge in [-0.3, -0.25) is 33.6 Å². The fraction of sp³-hybridized carbons (Fsp3) is 0.435. The van der Waals surface area contributed by atoms with Crippen LogP contribution in [-0.2, 0) is 40.0 Å². The zero-order chi connectivity index (χ0) is 29.0. The second-order valence-corrected chi connectivity index (χ2v) is 8.43. The van der Waals surface area contributed by atoms with E-state index >= 15 is 0 Å². The van der Waals surface area contributed by atoms with Crippen LogP contribution in [0.2, 0.25) is 0 Å². The van der Waals surface area contributed by atoms with Gasteiger partial charge in [-0.05, 0) is 19.4 Å². The van der Waals surface area contributed by atoms with E-state index in [-0.39, 0.29) is 6.42 Å². The highest BCUT2D eigenvalue weighted by atomic mass is 16.4. The van der Waals surface area contributed by atoms with Crippen molar-refractivity contribution in [3.8, 4) is 0 Å². The molecule has 0 saturated carbocycles. The lowest BCUT2D eigenvalue weighted by atomic mass is 10.0. The second-order valence-electron chi connectivity index (χ2n) is 8.43. The molecule has 0 radical (unpaired) electrons. The van der Waals surface area contributed by atoms with Crippen LogP contribution < -0.4 is 27.0 Å². The van der Waals surface area contributed by atoms with Crippen LogP contribution in [0.4, 0.5) is 0 Å². The van der Waals surface area contributed by atoms with Gasteiger partial charge in [0.15, 0.2) is 0 Å². The van der Waals surface area contributed by atoms with Gasteiger partial charge in [-0.2, -0.15) is 0 Å². The van der Waals surface area contributed by atoms with E-state index in [1.165, 1.54) is 6.92 Å². The molecule has 1 rings (SSSR count). The molecule has 0 aliphatic rings. The Kier molecular flexibility index (Phi) is 12.3. The largest absolute Gasteiger partial charge is 0.481 e. The van der Waals surface area contributed by atoms with Gasteiger partial charge in [-0.25, -0.2) is 0 Å². The van der Waals surface area contributed by atoms with Crippen molar-refractivity contribution in [1.29, 1.82) is 0 Å². The summed E-state index contributed by atoms with van der Waals surface area (Å²) in [5, 5.41) is 36.1. The summed E-state index contributed by atoms with van der Waals surface area (Å²) >= 11 is 0. The average Bonchev–Trinajstić information content (AvgIpc) is 2.82. The molecule has 0 fully saturated rings. The third-order valence-corrected chi connectivity index (χ3v) is 5.08. The van der Waals surface area contributed by atoms with Crippen LogP contribution in [0.1, 0.15) is 32.3 Å². The molecule has 9 N–H and O–H groups in total. The molecule has 0 heterocycles. The molecule has 15 nitrogen and oxygen atoms in total. The summed E-state index contributed by atoms with van der Waals surface area (Å²) in [5.41, 5.74) is 6.01. The van der Waals surface area contributed by atoms with Crippen molar-refractivity contribution < 1.29 is 48.9 Å². The zero-order valence-electron chi connectivity index (χ0n) is 20.7. The monoisotopic (exact) mass is 537 g/mol. The first-order chi connectivity index (χ1) is 17.7. The van der Waals surface area contributed by atoms with E-state index in [0.717, 1.165) is 6.92 Å². The molecular weight excluding hydrogens is 506 g/mol. The standard InChI is InChI=1S/C23H31N5O10/c1-11(24)19(33)26-16(10-18(31)32)22(36)27-14(8-13-6-4-3-5-7-13)21(35)28-15(9-17(29)30)20(34)25-12(2)23(37)38/h3-7,11-12,14-16H,8-10,24H2,1-2H3,(H,25,34)(H,26,33)(H,27,36)(H,28,35)(H,29,30)(H,31,32)(H,37,38)/t11-,12-,14-,15-,16-/m0/s1. The predicted molar refractivity (Wildman–Crippen MR) is 129 cm³/mol. The number of carbonyl (C=O) groups is 7. The molecule has 208 valence electrons. The molecule has 0 aromatic heterocycles. The SMILES string of the molecule is C[C@H](N)C(=O)N[C@@H](CC(=O)O)C(=O)N[C@@H](Cc1ccccc1)C(=O)N[C@@H](CC(=O)O)C(=O)N[C@@H](C)C(=O)O. The highest BCUT2D eigenvalue weighted by Crippen LogP contribution is 2.06. The topological polar surface area (TPSA) is 254 Å². The number of carboxylic acid groups (broad SMARTS) is 3. The number of nitrogens with two attached hydrogens (primary N) is 1. The number of benzene rings is 1. The first kappa shape index (κ1) is 31.5. The van der Waals surface area contributed by atoms with Crippen molar-refractivity contribution in [2.75, 3.05) is 0 Å². The van der Waals surface area contributed by atoms with E-state index in [1.54, 1.807) is 30.3 Å². The minimum Gasteiger partial charge on any atom is -0.481 e. The number of hydrogen-bond donors (Lipinski definition) is 8. The maximum Gasteiger partial charge on any atom is 0.325 e. The lowest BCUT2D eigenvalue weighted by molar-refractivity contribution is -0.143. The molecule has 0 saturated heterocycles. The molecule has 0 aliphatic heterocycles. The van der Waals surface area contributed by atoms with Crippen molar-refractivity contribution in [2.24, 2.45) is 5.73 Å². The number of carboxylic acids is 3. The van der Waals surface area contributed by atoms with Crippen molar-refractivity contribution in [3.05, 3.63) is 35.9 Å². The number of nitrogens with one attached hydrogen (secondary N) is 4. The summed E-state index contributed by atoms with van der Waals surface area (Å²) in [5.74, 6) is -8.27. The number of carbonyl (C=O) groups excluding carboxylic acids is 4. The fourth-order valence-corrected chi connectivity index (χ4v) is 3.05. The van der Waals surface area contributed by atoms with Crippen molar-refractivity contribution in [3.63, 3.8) is 0 Å². The Bertz CT molecular complexity index is 1050. The van der Waals surface area contributed by atoms with Crippen LogP contribution in [0.25, 0.3) is 0 Å². The van der Waals surface area contributed by atoms with Gasteiger partial charge in [-0.1, -0.05) is 30.3 Å². The summed E-state index contributed by atoms with van der Waals surface area (Å²) in [6, 6.07) is 1.02. The number of rotatable bonds is 15. The maximum atomic E-state index is 13.1. The molecule has 0 spiro atoms. The molecule has 38 heavy (non-hydrogen) atoms. The quantitative estimate of drug-likeness (QED) is 0.117. The van der Waals surface area contributed by atoms with Crippen molar-refractivity contribution >= 4 is 41.5 Å². The van der Waals surface area contributed by atoms with Gasteiger partial charge >= 0.3 is 17.9 Å². The van der Waals surface area contributed by atoms with Crippen LogP contribution in [-0.4, -0.2) is 87.1 Å². The van der Waals surface area contributed by atoms with Crippen LogP contribution in [0.15, 0.2) is 30.3 Å². The first-order valence-electron chi connectivity index (χ1n) is 11.4. The maximum absolute atomic E-state index is 13.1. The summed E-state index contributed by atoms with van der Waals surface area (Å²) in [4.78, 5) is 84.1. The van der Waals surface area contributed by atoms with Crippen molar-refractivity contribution in [2.45, 2.75) is 63.3 Å². The predicted octanol–water partition coefficient (Wildman–Crippen LogP) is -2.43. The van der Waals surface area contributed by atoms with Crippen molar-refractivity contribution in [1.82, 2.24) is 21.3 Å². The molecule has 0 aliphatic carbocycles. The lowest BCUT2D eigenvalue weighted by Gasteiger charge is -2.25. The van der Waals surface area contributed by atoms with E-state index in [4.69, 9.17) is 15.9 Å². The Labute approximate surface area is 217 Å². The molecule has 0 unspecified atom stereocenters. The second kappa shape index (κ2) is 14.9. The minimum absolute atomic E-state index is 0.160. The summed E-state index contributed by atoms with van der Waals surface area (Å²) < 4.78 is 0. The van der Waals surface area contributed by atoms with Gasteiger partial charge in [0.2, 0.25) is 23.6 Å². The number of hydrogen-bond acceptors (Lipinski definition) is 8. The summed E-state index contributed by atoms with van der Waals surface area (Å²) in [6.45, 7) is 2.45. The highest BCUT2D eigenvalue weighted by molar-refractivity contribution is 5.97. The Morgan fingerprint density at radius 2 is 1.11 bits per heavy atom. The summed E-state index contributed by atoms with van der Waals surface area (Å²) in [6.07, 6.45) is -1.89. The molecule has 0 bridgehead atoms. The lowest BCUT2D eigenvalue weighted by Crippen LogP contribution is -2.59. The van der Waals surface area contributed by atoms with Gasteiger partial charge in [-0.15, -0.1) is 0 Å². The fourth-order valence-electron chi connectivity index (χ4n) is 3.05. The minimum atomic E-state index is -1.70. The van der Waals surface area contributed by atoms with Gasteiger partial charge in [0.05, 0.1) is 18.9 Å². The smallest absolute Gasteiger partial charge is 0.325 e. The van der Waals surface area contributed by atoms with Gasteiger partial charge in [0.25, 0.3) is 0 Å². The zero-order valence-corrected chi connectivity index (χ0v) is 20.7. The van der Waals surface area contributed by atoms with E-state index in [2.05, 4.69) is 21.3 Å². The van der Waals surface area contributed by atoms with Crippen LogP contribution >= 0.6 is 0 Å². The Morgan fingerprint density at radius 1 is 0.684 bits per heavy atom. The van der Waals surface area contributed by atoms with E-state index in [1.807, 2.05) is 0 Å². The number of aliphatic carboxylic acids is 3. The van der Waals surface area contributed by atoms with Gasteiger partial charge in [0, 0.05) is 6.42 Å². The summed E-state index contributed by atoms with van der Waals surface area (Å²) in [7, 11) is 0. The molecule has 4 amide bonds. The normalized spacial score (nSPS) is 14.5. The van der Waals surface area contributed by atoms with Crippen LogP contribution in [0.5, 0.6) is 0 Å². The van der Waals surface area contributed by atoms with E-state index in [0.29, 0.717) is 5.56 Å². The first-order valence-corrected chi connectivity index (χ1v) is 11.4. The molecular formula is C23H31N5O10. The number of amides is 4. The average molecular weight is 538 g/mol. The molecule has 1 aromatic carbocycles. The Morgan fingerprint density at radius 3 is 1.55 bits per heavy atom. The van der Waals surface area contributed by atoms with Gasteiger partial charge < -0.3 is 42.3 Å². The molecule has 5 atom stereocenters. The highest BCUT2D eigenvalue weighted by Gasteiger charge is 2.32. The molecule has 1 aromatic rings. The Hall–Kier alpha value is -4.53. The third kappa shape index (κ3) is 11.0. The molecule has 15 heteroatoms. The Balaban J connectivity index is 3.22. The third-order valence-electron chi connectivity index (χ3n) is 5.08. The van der Waals surface area contributed by atoms with Crippen LogP contribution in [0.3, 0.4) is 0 Å². The van der Waals surface area contributed by atoms with E-state index in [9.17, 15) is 38.7 Å². The van der Waals surface area contributed by atoms with E-state index < -0.39 is 84.6 Å². The van der Waals surface area contributed by atoms with Crippen LogP contribution in [0, 0.1) is 0 Å².